The number of carbonyl (C=O) groups excluding carboxylic acids is 1. The predicted molar refractivity (Wildman–Crippen MR) is 153 cm³/mol. The molecular formula is C30H60N4O. The molecule has 0 aromatic rings. The lowest BCUT2D eigenvalue weighted by atomic mass is 10.0. The van der Waals surface area contributed by atoms with Gasteiger partial charge in [-0.3, -0.25) is 4.79 Å². The minimum atomic E-state index is 0.210. The van der Waals surface area contributed by atoms with Crippen LogP contribution in [-0.2, 0) is 4.79 Å². The van der Waals surface area contributed by atoms with Gasteiger partial charge in [0.15, 0.2) is 0 Å². The molecule has 5 heteroatoms. The molecule has 1 rings (SSSR count). The van der Waals surface area contributed by atoms with E-state index in [1.807, 2.05) is 0 Å². The Hall–Kier alpha value is -0.910. The van der Waals surface area contributed by atoms with Gasteiger partial charge < -0.3 is 21.3 Å². The highest BCUT2D eigenvalue weighted by Crippen LogP contribution is 2.13. The monoisotopic (exact) mass is 492 g/mol. The van der Waals surface area contributed by atoms with Crippen molar-refractivity contribution in [3.05, 3.63) is 12.2 Å². The molecule has 0 saturated carbocycles. The highest BCUT2D eigenvalue weighted by molar-refractivity contribution is 5.76. The predicted octanol–water partition coefficient (Wildman–Crippen LogP) is 6.24. The molecule has 206 valence electrons. The van der Waals surface area contributed by atoms with Crippen molar-refractivity contribution in [2.24, 2.45) is 0 Å². The summed E-state index contributed by atoms with van der Waals surface area (Å²) in [6.45, 7) is 8.28. The molecule has 5 nitrogen and oxygen atoms in total. The Balaban J connectivity index is 2.07. The van der Waals surface area contributed by atoms with E-state index in [2.05, 4.69) is 40.3 Å². The third kappa shape index (κ3) is 23.3. The van der Waals surface area contributed by atoms with Crippen LogP contribution in [0.15, 0.2) is 12.2 Å². The number of nitrogens with one attached hydrogen (secondary N) is 4. The van der Waals surface area contributed by atoms with Crippen LogP contribution in [0.5, 0.6) is 0 Å². The second-order valence-electron chi connectivity index (χ2n) is 10.5. The van der Waals surface area contributed by atoms with Crippen LogP contribution in [0.25, 0.3) is 0 Å². The molecule has 0 radical (unpaired) electrons. The summed E-state index contributed by atoms with van der Waals surface area (Å²) >= 11 is 0. The molecule has 0 bridgehead atoms. The zero-order valence-electron chi connectivity index (χ0n) is 23.3. The fourth-order valence-corrected chi connectivity index (χ4v) is 4.75. The molecule has 0 unspecified atom stereocenters. The summed E-state index contributed by atoms with van der Waals surface area (Å²) in [5.74, 6) is 0.210. The zero-order valence-corrected chi connectivity index (χ0v) is 23.3. The van der Waals surface area contributed by atoms with Gasteiger partial charge >= 0.3 is 0 Å². The maximum absolute atomic E-state index is 12.4. The molecule has 0 aromatic heterocycles. The topological polar surface area (TPSA) is 65.2 Å². The molecule has 4 N–H and O–H groups in total. The van der Waals surface area contributed by atoms with Gasteiger partial charge in [-0.15, -0.1) is 0 Å². The average Bonchev–Trinajstić information content (AvgIpc) is 2.86. The Kier molecular flexibility index (Phi) is 24.0. The summed E-state index contributed by atoms with van der Waals surface area (Å²) in [5.41, 5.74) is 0. The van der Waals surface area contributed by atoms with Crippen molar-refractivity contribution in [2.45, 2.75) is 135 Å². The van der Waals surface area contributed by atoms with E-state index in [-0.39, 0.29) is 5.91 Å². The summed E-state index contributed by atoms with van der Waals surface area (Å²) in [7, 11) is 0. The first-order chi connectivity index (χ1) is 17.3. The molecule has 1 heterocycles. The number of allylic oxidation sites excluding steroid dienone is 2. The second-order valence-corrected chi connectivity index (χ2v) is 10.5. The molecule has 1 aliphatic rings. The quantitative estimate of drug-likeness (QED) is 0.161. The van der Waals surface area contributed by atoms with E-state index in [4.69, 9.17) is 0 Å². The van der Waals surface area contributed by atoms with Crippen molar-refractivity contribution in [3.8, 4) is 0 Å². The Morgan fingerprint density at radius 2 is 1.20 bits per heavy atom. The number of amides is 1. The third-order valence-electron chi connectivity index (χ3n) is 7.00. The molecule has 1 fully saturated rings. The van der Waals surface area contributed by atoms with Crippen LogP contribution in [0.4, 0.5) is 0 Å². The van der Waals surface area contributed by atoms with Crippen molar-refractivity contribution in [1.82, 2.24) is 21.3 Å². The highest BCUT2D eigenvalue weighted by atomic mass is 16.1. The van der Waals surface area contributed by atoms with Crippen LogP contribution in [-0.4, -0.2) is 51.2 Å². The first-order valence-corrected chi connectivity index (χ1v) is 15.4. The number of carbonyl (C=O) groups is 1. The Bertz CT molecular complexity index is 483. The van der Waals surface area contributed by atoms with E-state index in [1.165, 1.54) is 96.3 Å². The van der Waals surface area contributed by atoms with E-state index in [1.54, 1.807) is 0 Å². The molecule has 0 aromatic carbocycles. The lowest BCUT2D eigenvalue weighted by Crippen LogP contribution is -2.37. The zero-order chi connectivity index (χ0) is 25.1. The van der Waals surface area contributed by atoms with Crippen LogP contribution in [0.1, 0.15) is 129 Å². The summed E-state index contributed by atoms with van der Waals surface area (Å²) < 4.78 is 0. The molecule has 1 atom stereocenters. The van der Waals surface area contributed by atoms with E-state index in [0.717, 1.165) is 58.5 Å². The largest absolute Gasteiger partial charge is 0.356 e. The summed E-state index contributed by atoms with van der Waals surface area (Å²) in [5, 5.41) is 13.8. The maximum atomic E-state index is 12.4. The maximum Gasteiger partial charge on any atom is 0.221 e. The van der Waals surface area contributed by atoms with Crippen LogP contribution < -0.4 is 21.3 Å². The fourth-order valence-electron chi connectivity index (χ4n) is 4.75. The van der Waals surface area contributed by atoms with Crippen LogP contribution in [0, 0.1) is 0 Å². The Morgan fingerprint density at radius 1 is 0.657 bits per heavy atom. The van der Waals surface area contributed by atoms with Gasteiger partial charge in [0, 0.05) is 19.0 Å². The lowest BCUT2D eigenvalue weighted by Gasteiger charge is -2.19. The second kappa shape index (κ2) is 26.2. The number of rotatable bonds is 15. The first-order valence-electron chi connectivity index (χ1n) is 15.4. The molecule has 1 amide bonds. The molecule has 0 spiro atoms. The highest BCUT2D eigenvalue weighted by Gasteiger charge is 2.13. The fraction of sp³-hybridized carbons (Fsp3) is 0.900. The molecular weight excluding hydrogens is 432 g/mol. The van der Waals surface area contributed by atoms with Gasteiger partial charge in [-0.05, 0) is 84.1 Å². The van der Waals surface area contributed by atoms with Crippen LogP contribution in [0.3, 0.4) is 0 Å². The Labute approximate surface area is 218 Å². The lowest BCUT2D eigenvalue weighted by molar-refractivity contribution is -0.121. The normalized spacial score (nSPS) is 20.0. The van der Waals surface area contributed by atoms with Gasteiger partial charge in [0.1, 0.15) is 0 Å². The standard InChI is InChI=1S/C30H60N4O/c1-2-3-4-5-6-7-8-9-10-11-12-13-14-15-16-21-29-28-30(35)34-27-20-25-32-23-18-17-22-31-24-19-26-33-29/h4-5,29,31-33H,2-3,6-28H2,1H3,(H,34,35)/t29-/m0/s1. The van der Waals surface area contributed by atoms with E-state index >= 15 is 0 Å². The van der Waals surface area contributed by atoms with Crippen molar-refractivity contribution >= 4 is 5.91 Å². The first kappa shape index (κ1) is 32.1. The number of hydrogen-bond acceptors (Lipinski definition) is 4. The average molecular weight is 493 g/mol. The van der Waals surface area contributed by atoms with Crippen molar-refractivity contribution in [3.63, 3.8) is 0 Å². The van der Waals surface area contributed by atoms with Crippen molar-refractivity contribution in [1.29, 1.82) is 0 Å². The molecule has 35 heavy (non-hydrogen) atoms. The van der Waals surface area contributed by atoms with Crippen LogP contribution in [0.2, 0.25) is 0 Å². The summed E-state index contributed by atoms with van der Waals surface area (Å²) in [6.07, 6.45) is 28.4. The summed E-state index contributed by atoms with van der Waals surface area (Å²) in [4.78, 5) is 12.4. The van der Waals surface area contributed by atoms with Crippen molar-refractivity contribution in [2.75, 3.05) is 39.3 Å². The number of hydrogen-bond donors (Lipinski definition) is 4. The van der Waals surface area contributed by atoms with Crippen molar-refractivity contribution < 1.29 is 4.79 Å². The van der Waals surface area contributed by atoms with Crippen LogP contribution >= 0.6 is 0 Å². The van der Waals surface area contributed by atoms with Gasteiger partial charge in [-0.25, -0.2) is 0 Å². The third-order valence-corrected chi connectivity index (χ3v) is 7.00. The smallest absolute Gasteiger partial charge is 0.221 e. The summed E-state index contributed by atoms with van der Waals surface area (Å²) in [6, 6.07) is 0.320. The molecule has 0 aliphatic carbocycles. The van der Waals surface area contributed by atoms with E-state index in [0.29, 0.717) is 12.5 Å². The van der Waals surface area contributed by atoms with E-state index < -0.39 is 0 Å². The molecule has 1 aliphatic heterocycles. The van der Waals surface area contributed by atoms with Gasteiger partial charge in [0.25, 0.3) is 0 Å². The van der Waals surface area contributed by atoms with Gasteiger partial charge in [-0.1, -0.05) is 83.3 Å². The number of unbranched alkanes of at least 4 members (excludes halogenated alkanes) is 11. The Morgan fingerprint density at radius 3 is 1.86 bits per heavy atom. The molecule has 1 saturated heterocycles. The SMILES string of the molecule is CCCC=CCCCCCCCCCCCC[C@H]1CC(=O)NCCCNCCCCNCCCN1. The van der Waals surface area contributed by atoms with E-state index in [9.17, 15) is 4.79 Å². The van der Waals surface area contributed by atoms with Gasteiger partial charge in [-0.2, -0.15) is 0 Å². The van der Waals surface area contributed by atoms with Gasteiger partial charge in [0.05, 0.1) is 0 Å². The minimum Gasteiger partial charge on any atom is -0.356 e. The van der Waals surface area contributed by atoms with Gasteiger partial charge in [0.2, 0.25) is 5.91 Å². The minimum absolute atomic E-state index is 0.210.